The van der Waals surface area contributed by atoms with Crippen molar-refractivity contribution in [3.8, 4) is 0 Å². The van der Waals surface area contributed by atoms with Crippen molar-refractivity contribution >= 4 is 40.5 Å². The summed E-state index contributed by atoms with van der Waals surface area (Å²) in [5.74, 6) is -0.249. The second-order valence-electron chi connectivity index (χ2n) is 4.64. The van der Waals surface area contributed by atoms with E-state index in [1.807, 2.05) is 24.3 Å². The minimum Gasteiger partial charge on any atom is -0.384 e. The van der Waals surface area contributed by atoms with Gasteiger partial charge in [-0.05, 0) is 29.8 Å². The predicted octanol–water partition coefficient (Wildman–Crippen LogP) is 4.14. The summed E-state index contributed by atoms with van der Waals surface area (Å²) >= 11 is 11.8. The summed E-state index contributed by atoms with van der Waals surface area (Å²) in [5.41, 5.74) is 2.68. The molecule has 2 aromatic rings. The molecule has 1 amide bonds. The van der Waals surface area contributed by atoms with Gasteiger partial charge in [0, 0.05) is 17.9 Å². The molecule has 20 heavy (non-hydrogen) atoms. The molecule has 0 aromatic heterocycles. The topological polar surface area (TPSA) is 41.1 Å². The number of anilines is 2. The first-order valence-electron chi connectivity index (χ1n) is 6.24. The van der Waals surface area contributed by atoms with Crippen molar-refractivity contribution in [2.45, 2.75) is 5.92 Å². The van der Waals surface area contributed by atoms with E-state index in [9.17, 15) is 4.79 Å². The summed E-state index contributed by atoms with van der Waals surface area (Å²) in [4.78, 5) is 12.3. The van der Waals surface area contributed by atoms with Gasteiger partial charge in [0.05, 0.1) is 16.0 Å². The van der Waals surface area contributed by atoms with E-state index in [0.717, 1.165) is 11.3 Å². The van der Waals surface area contributed by atoms with Crippen LogP contribution >= 0.6 is 23.2 Å². The molecule has 0 radical (unpaired) electrons. The number of halogens is 2. The fourth-order valence-corrected chi connectivity index (χ4v) is 2.62. The molecule has 3 nitrogen and oxygen atoms in total. The average molecular weight is 307 g/mol. The third-order valence-electron chi connectivity index (χ3n) is 3.34. The highest BCUT2D eigenvalue weighted by Crippen LogP contribution is 2.32. The van der Waals surface area contributed by atoms with Crippen LogP contribution in [0.4, 0.5) is 11.4 Å². The highest BCUT2D eigenvalue weighted by molar-refractivity contribution is 6.42. The van der Waals surface area contributed by atoms with Crippen molar-refractivity contribution in [2.24, 2.45) is 0 Å². The van der Waals surface area contributed by atoms with Crippen LogP contribution in [0.2, 0.25) is 10.0 Å². The Morgan fingerprint density at radius 2 is 1.95 bits per heavy atom. The summed E-state index contributed by atoms with van der Waals surface area (Å²) in [6.07, 6.45) is 0. The first kappa shape index (κ1) is 13.3. The van der Waals surface area contributed by atoms with Gasteiger partial charge in [0.2, 0.25) is 5.91 Å². The maximum absolute atomic E-state index is 12.3. The zero-order chi connectivity index (χ0) is 14.1. The van der Waals surface area contributed by atoms with E-state index in [4.69, 9.17) is 23.2 Å². The highest BCUT2D eigenvalue weighted by Gasteiger charge is 2.28. The summed E-state index contributed by atoms with van der Waals surface area (Å²) in [5, 5.41) is 7.00. The van der Waals surface area contributed by atoms with Crippen molar-refractivity contribution in [2.75, 3.05) is 17.2 Å². The van der Waals surface area contributed by atoms with Crippen LogP contribution in [0.15, 0.2) is 42.5 Å². The number of fused-ring (bicyclic) bond motifs is 1. The molecular weight excluding hydrogens is 295 g/mol. The molecule has 0 saturated carbocycles. The van der Waals surface area contributed by atoms with Crippen molar-refractivity contribution < 1.29 is 4.79 Å². The number of carbonyl (C=O) groups excluding carboxylic acids is 1. The molecule has 1 atom stereocenters. The minimum absolute atomic E-state index is 0.0548. The van der Waals surface area contributed by atoms with Crippen LogP contribution in [0.5, 0.6) is 0 Å². The van der Waals surface area contributed by atoms with Crippen molar-refractivity contribution in [1.82, 2.24) is 0 Å². The number of amides is 1. The van der Waals surface area contributed by atoms with Gasteiger partial charge in [-0.15, -0.1) is 0 Å². The smallest absolute Gasteiger partial charge is 0.233 e. The lowest BCUT2D eigenvalue weighted by Crippen LogP contribution is -2.22. The monoisotopic (exact) mass is 306 g/mol. The van der Waals surface area contributed by atoms with Crippen LogP contribution < -0.4 is 10.6 Å². The molecule has 1 aliphatic heterocycles. The second-order valence-corrected chi connectivity index (χ2v) is 5.45. The van der Waals surface area contributed by atoms with Crippen LogP contribution in [-0.4, -0.2) is 12.5 Å². The van der Waals surface area contributed by atoms with Gasteiger partial charge in [0.1, 0.15) is 0 Å². The number of rotatable bonds is 2. The normalized spacial score (nSPS) is 16.4. The molecule has 3 rings (SSSR count). The molecule has 1 aliphatic rings. The van der Waals surface area contributed by atoms with E-state index in [-0.39, 0.29) is 11.8 Å². The Morgan fingerprint density at radius 1 is 1.15 bits per heavy atom. The van der Waals surface area contributed by atoms with E-state index in [1.54, 1.807) is 18.2 Å². The van der Waals surface area contributed by atoms with Gasteiger partial charge in [-0.1, -0.05) is 41.4 Å². The molecule has 0 fully saturated rings. The largest absolute Gasteiger partial charge is 0.384 e. The summed E-state index contributed by atoms with van der Waals surface area (Å²) in [6, 6.07) is 12.9. The third-order valence-corrected chi connectivity index (χ3v) is 4.08. The van der Waals surface area contributed by atoms with E-state index in [0.29, 0.717) is 22.3 Å². The molecule has 2 aromatic carbocycles. The summed E-state index contributed by atoms with van der Waals surface area (Å²) in [7, 11) is 0. The van der Waals surface area contributed by atoms with E-state index < -0.39 is 0 Å². The standard InChI is InChI=1S/C15H12Cl2N2O/c16-12-6-5-9(7-13(12)17)19-15(20)11-8-18-14-4-2-1-3-10(11)14/h1-7,11,18H,8H2,(H,19,20). The van der Waals surface area contributed by atoms with Gasteiger partial charge in [-0.3, -0.25) is 4.79 Å². The van der Waals surface area contributed by atoms with Crippen LogP contribution in [0.1, 0.15) is 11.5 Å². The maximum atomic E-state index is 12.3. The van der Waals surface area contributed by atoms with E-state index in [1.165, 1.54) is 0 Å². The fraction of sp³-hybridized carbons (Fsp3) is 0.133. The molecule has 0 bridgehead atoms. The van der Waals surface area contributed by atoms with Gasteiger partial charge in [-0.25, -0.2) is 0 Å². The van der Waals surface area contributed by atoms with Gasteiger partial charge in [0.25, 0.3) is 0 Å². The lowest BCUT2D eigenvalue weighted by atomic mass is 10.0. The van der Waals surface area contributed by atoms with Crippen LogP contribution in [0.25, 0.3) is 0 Å². The molecule has 0 aliphatic carbocycles. The van der Waals surface area contributed by atoms with E-state index >= 15 is 0 Å². The Morgan fingerprint density at radius 3 is 2.75 bits per heavy atom. The maximum Gasteiger partial charge on any atom is 0.233 e. The SMILES string of the molecule is O=C(Nc1ccc(Cl)c(Cl)c1)C1CNc2ccccc21. The molecule has 102 valence electrons. The predicted molar refractivity (Wildman–Crippen MR) is 82.8 cm³/mol. The molecular formula is C15H12Cl2N2O. The van der Waals surface area contributed by atoms with Crippen molar-refractivity contribution in [3.05, 3.63) is 58.1 Å². The summed E-state index contributed by atoms with van der Waals surface area (Å²) in [6.45, 7) is 0.604. The Hall–Kier alpha value is -1.71. The number of para-hydroxylation sites is 1. The first-order chi connectivity index (χ1) is 9.65. The zero-order valence-electron chi connectivity index (χ0n) is 10.5. The highest BCUT2D eigenvalue weighted by atomic mass is 35.5. The number of hydrogen-bond donors (Lipinski definition) is 2. The quantitative estimate of drug-likeness (QED) is 0.875. The van der Waals surface area contributed by atoms with Crippen molar-refractivity contribution in [3.63, 3.8) is 0 Å². The van der Waals surface area contributed by atoms with Crippen LogP contribution in [-0.2, 0) is 4.79 Å². The zero-order valence-corrected chi connectivity index (χ0v) is 12.0. The minimum atomic E-state index is -0.194. The molecule has 0 saturated heterocycles. The second kappa shape index (κ2) is 5.35. The molecule has 2 N–H and O–H groups in total. The Kier molecular flexibility index (Phi) is 3.55. The fourth-order valence-electron chi connectivity index (χ4n) is 2.32. The Bertz CT molecular complexity index is 673. The number of benzene rings is 2. The number of hydrogen-bond acceptors (Lipinski definition) is 2. The molecule has 5 heteroatoms. The van der Waals surface area contributed by atoms with Gasteiger partial charge in [-0.2, -0.15) is 0 Å². The lowest BCUT2D eigenvalue weighted by molar-refractivity contribution is -0.117. The number of carbonyl (C=O) groups is 1. The van der Waals surface area contributed by atoms with Crippen LogP contribution in [0, 0.1) is 0 Å². The van der Waals surface area contributed by atoms with Crippen LogP contribution in [0.3, 0.4) is 0 Å². The van der Waals surface area contributed by atoms with Gasteiger partial charge < -0.3 is 10.6 Å². The molecule has 1 unspecified atom stereocenters. The molecule has 0 spiro atoms. The van der Waals surface area contributed by atoms with Gasteiger partial charge >= 0.3 is 0 Å². The average Bonchev–Trinajstić information content (AvgIpc) is 2.87. The summed E-state index contributed by atoms with van der Waals surface area (Å²) < 4.78 is 0. The number of nitrogens with one attached hydrogen (secondary N) is 2. The first-order valence-corrected chi connectivity index (χ1v) is 6.99. The van der Waals surface area contributed by atoms with E-state index in [2.05, 4.69) is 10.6 Å². The third kappa shape index (κ3) is 2.47. The van der Waals surface area contributed by atoms with Crippen molar-refractivity contribution in [1.29, 1.82) is 0 Å². The van der Waals surface area contributed by atoms with Gasteiger partial charge in [0.15, 0.2) is 0 Å². The Balaban J connectivity index is 1.79. The Labute approximate surface area is 126 Å². The lowest BCUT2D eigenvalue weighted by Gasteiger charge is -2.11. The molecule has 1 heterocycles.